The maximum Gasteiger partial charge on any atom is 0.246 e. The predicted octanol–water partition coefficient (Wildman–Crippen LogP) is 2.90. The van der Waals surface area contributed by atoms with E-state index in [-0.39, 0.29) is 24.1 Å². The molecule has 2 aliphatic heterocycles. The van der Waals surface area contributed by atoms with Crippen molar-refractivity contribution in [3.05, 3.63) is 71.8 Å². The number of nitrogens with one attached hydrogen (secondary N) is 3. The lowest BCUT2D eigenvalue weighted by Gasteiger charge is -2.33. The van der Waals surface area contributed by atoms with E-state index in [0.29, 0.717) is 38.1 Å². The highest BCUT2D eigenvalue weighted by Gasteiger charge is 2.41. The van der Waals surface area contributed by atoms with Gasteiger partial charge in [0.1, 0.15) is 24.2 Å². The number of nitrogens with zero attached hydrogens (tertiary/aromatic N) is 1. The minimum atomic E-state index is -0.888. The van der Waals surface area contributed by atoms with E-state index in [9.17, 15) is 19.2 Å². The lowest BCUT2D eigenvalue weighted by molar-refractivity contribution is -0.143. The van der Waals surface area contributed by atoms with Gasteiger partial charge in [-0.2, -0.15) is 0 Å². The highest BCUT2D eigenvalue weighted by Crippen LogP contribution is 2.28. The van der Waals surface area contributed by atoms with Crippen LogP contribution in [0.4, 0.5) is 0 Å². The van der Waals surface area contributed by atoms with E-state index in [2.05, 4.69) is 16.0 Å². The number of carbonyl (C=O) groups excluding carboxylic acids is 4. The van der Waals surface area contributed by atoms with Crippen LogP contribution in [0.15, 0.2) is 60.7 Å². The van der Waals surface area contributed by atoms with Crippen molar-refractivity contribution >= 4 is 23.6 Å². The number of fused-ring (bicyclic) bond motifs is 1. The molecule has 3 aliphatic rings. The number of rotatable bonds is 6. The molecule has 1 aliphatic carbocycles. The van der Waals surface area contributed by atoms with Crippen LogP contribution in [0, 0.1) is 5.92 Å². The average Bonchev–Trinajstić information content (AvgIpc) is 3.47. The summed E-state index contributed by atoms with van der Waals surface area (Å²) in [5.41, 5.74) is 1.80. The van der Waals surface area contributed by atoms with Crippen LogP contribution in [-0.2, 0) is 32.0 Å². The van der Waals surface area contributed by atoms with Gasteiger partial charge < -0.3 is 20.9 Å². The van der Waals surface area contributed by atoms with Crippen LogP contribution in [0.2, 0.25) is 0 Å². The summed E-state index contributed by atoms with van der Waals surface area (Å²) in [5, 5.41) is 8.94. The Morgan fingerprint density at radius 3 is 1.80 bits per heavy atom. The van der Waals surface area contributed by atoms with E-state index in [4.69, 9.17) is 0 Å². The summed E-state index contributed by atoms with van der Waals surface area (Å²) >= 11 is 0. The van der Waals surface area contributed by atoms with Crippen molar-refractivity contribution in [2.45, 2.75) is 88.4 Å². The maximum absolute atomic E-state index is 13.9. The molecule has 4 atom stereocenters. The van der Waals surface area contributed by atoms with Crippen LogP contribution in [0.5, 0.6) is 0 Å². The van der Waals surface area contributed by atoms with Gasteiger partial charge in [0.25, 0.3) is 0 Å². The number of benzene rings is 2. The first kappa shape index (κ1) is 27.9. The van der Waals surface area contributed by atoms with E-state index in [1.165, 1.54) is 6.42 Å². The Labute approximate surface area is 236 Å². The summed E-state index contributed by atoms with van der Waals surface area (Å²) in [4.78, 5) is 56.6. The van der Waals surface area contributed by atoms with Crippen molar-refractivity contribution < 1.29 is 19.2 Å². The molecule has 0 bridgehead atoms. The van der Waals surface area contributed by atoms with Gasteiger partial charge in [-0.3, -0.25) is 19.2 Å². The molecule has 212 valence electrons. The fraction of sp³-hybridized carbons (Fsp3) is 0.500. The van der Waals surface area contributed by atoms with Gasteiger partial charge in [-0.15, -0.1) is 0 Å². The van der Waals surface area contributed by atoms with Crippen molar-refractivity contribution in [2.75, 3.05) is 6.54 Å². The summed E-state index contributed by atoms with van der Waals surface area (Å²) in [7, 11) is 0. The minimum Gasteiger partial charge on any atom is -0.343 e. The SMILES string of the molecule is O=C1N[C@H](Cc2ccccc2)C(=O)N[C@@H](Cc2ccccc2)C(=O)N2CCC[C@@H]2C(=O)N[C@H]1CC1CCCCC1. The summed E-state index contributed by atoms with van der Waals surface area (Å²) in [6.45, 7) is 0.449. The van der Waals surface area contributed by atoms with Crippen LogP contribution >= 0.6 is 0 Å². The summed E-state index contributed by atoms with van der Waals surface area (Å²) in [5.74, 6) is -0.942. The Hall–Kier alpha value is -3.68. The van der Waals surface area contributed by atoms with Crippen LogP contribution < -0.4 is 16.0 Å². The Kier molecular flexibility index (Phi) is 9.14. The maximum atomic E-state index is 13.9. The van der Waals surface area contributed by atoms with Gasteiger partial charge in [-0.1, -0.05) is 92.8 Å². The Morgan fingerprint density at radius 1 is 0.600 bits per heavy atom. The molecule has 5 rings (SSSR count). The summed E-state index contributed by atoms with van der Waals surface area (Å²) in [6.07, 6.45) is 7.86. The first-order valence-corrected chi connectivity index (χ1v) is 14.8. The van der Waals surface area contributed by atoms with Gasteiger partial charge >= 0.3 is 0 Å². The second-order valence-corrected chi connectivity index (χ2v) is 11.5. The van der Waals surface area contributed by atoms with E-state index >= 15 is 0 Å². The lowest BCUT2D eigenvalue weighted by atomic mass is 9.84. The van der Waals surface area contributed by atoms with Crippen molar-refractivity contribution in [1.82, 2.24) is 20.9 Å². The topological polar surface area (TPSA) is 108 Å². The third-order valence-corrected chi connectivity index (χ3v) is 8.58. The number of carbonyl (C=O) groups is 4. The molecule has 8 heteroatoms. The highest BCUT2D eigenvalue weighted by molar-refractivity contribution is 5.98. The van der Waals surface area contributed by atoms with Crippen LogP contribution in [0.3, 0.4) is 0 Å². The molecule has 0 radical (unpaired) electrons. The molecular formula is C32H40N4O4. The molecule has 0 spiro atoms. The molecule has 2 heterocycles. The molecular weight excluding hydrogens is 504 g/mol. The zero-order valence-electron chi connectivity index (χ0n) is 23.0. The lowest BCUT2D eigenvalue weighted by Crippen LogP contribution is -2.62. The molecule has 2 saturated heterocycles. The Morgan fingerprint density at radius 2 is 1.15 bits per heavy atom. The van der Waals surface area contributed by atoms with Gasteiger partial charge in [-0.25, -0.2) is 0 Å². The Bertz CT molecular complexity index is 1180. The molecule has 2 aromatic rings. The van der Waals surface area contributed by atoms with Crippen LogP contribution in [0.25, 0.3) is 0 Å². The molecule has 0 unspecified atom stereocenters. The molecule has 8 nitrogen and oxygen atoms in total. The first-order valence-electron chi connectivity index (χ1n) is 14.8. The third kappa shape index (κ3) is 6.90. The third-order valence-electron chi connectivity index (χ3n) is 8.58. The largest absolute Gasteiger partial charge is 0.343 e. The smallest absolute Gasteiger partial charge is 0.246 e. The van der Waals surface area contributed by atoms with Gasteiger partial charge in [0.05, 0.1) is 0 Å². The number of amides is 4. The average molecular weight is 545 g/mol. The molecule has 3 fully saturated rings. The fourth-order valence-electron chi connectivity index (χ4n) is 6.41. The number of hydrogen-bond donors (Lipinski definition) is 3. The second-order valence-electron chi connectivity index (χ2n) is 11.5. The normalized spacial score (nSPS) is 26.6. The van der Waals surface area contributed by atoms with Crippen molar-refractivity contribution in [1.29, 1.82) is 0 Å². The fourth-order valence-corrected chi connectivity index (χ4v) is 6.41. The van der Waals surface area contributed by atoms with Crippen molar-refractivity contribution in [2.24, 2.45) is 5.92 Å². The minimum absolute atomic E-state index is 0.260. The molecule has 40 heavy (non-hydrogen) atoms. The Balaban J connectivity index is 1.46. The molecule has 3 N–H and O–H groups in total. The zero-order chi connectivity index (χ0) is 27.9. The zero-order valence-corrected chi connectivity index (χ0v) is 23.0. The van der Waals surface area contributed by atoms with Crippen LogP contribution in [-0.4, -0.2) is 59.2 Å². The van der Waals surface area contributed by atoms with E-state index in [1.54, 1.807) is 4.90 Å². The summed E-state index contributed by atoms with van der Waals surface area (Å²) < 4.78 is 0. The van der Waals surface area contributed by atoms with Crippen molar-refractivity contribution in [3.8, 4) is 0 Å². The monoisotopic (exact) mass is 544 g/mol. The van der Waals surface area contributed by atoms with Gasteiger partial charge in [-0.05, 0) is 36.3 Å². The van der Waals surface area contributed by atoms with E-state index < -0.39 is 30.1 Å². The standard InChI is InChI=1S/C32H40N4O4/c37-29-26(20-23-13-6-2-7-14-23)34-31(39)28-17-10-18-36(28)32(40)27(21-24-15-8-3-9-16-24)35-30(38)25(33-29)19-22-11-4-1-5-12-22/h1,3-5,8-9,11-12,15-16,23,25-28H,2,6-7,10,13-14,17-21H2,(H,33,37)(H,34,39)(H,35,38)/t25-,26+,27+,28-/m1/s1. The van der Waals surface area contributed by atoms with E-state index in [0.717, 1.165) is 36.8 Å². The van der Waals surface area contributed by atoms with Gasteiger partial charge in [0, 0.05) is 19.4 Å². The van der Waals surface area contributed by atoms with Crippen LogP contribution in [0.1, 0.15) is 62.5 Å². The number of hydrogen-bond acceptors (Lipinski definition) is 4. The molecule has 2 aromatic carbocycles. The van der Waals surface area contributed by atoms with Crippen molar-refractivity contribution in [3.63, 3.8) is 0 Å². The molecule has 1 saturated carbocycles. The second kappa shape index (κ2) is 13.1. The predicted molar refractivity (Wildman–Crippen MR) is 152 cm³/mol. The summed E-state index contributed by atoms with van der Waals surface area (Å²) in [6, 6.07) is 15.9. The first-order chi connectivity index (χ1) is 19.5. The molecule has 0 aromatic heterocycles. The highest BCUT2D eigenvalue weighted by atomic mass is 16.2. The van der Waals surface area contributed by atoms with E-state index in [1.807, 2.05) is 60.7 Å². The van der Waals surface area contributed by atoms with Gasteiger partial charge in [0.15, 0.2) is 0 Å². The molecule has 4 amide bonds. The van der Waals surface area contributed by atoms with Gasteiger partial charge in [0.2, 0.25) is 23.6 Å². The quantitative estimate of drug-likeness (QED) is 0.520.